The number of halogens is 1. The van der Waals surface area contributed by atoms with Crippen molar-refractivity contribution >= 4 is 17.0 Å². The van der Waals surface area contributed by atoms with Gasteiger partial charge >= 0.3 is 0 Å². The lowest BCUT2D eigenvalue weighted by Gasteiger charge is -2.15. The van der Waals surface area contributed by atoms with E-state index in [2.05, 4.69) is 15.4 Å². The Morgan fingerprint density at radius 2 is 1.83 bits per heavy atom. The number of aryl methyl sites for hydroxylation is 1. The fourth-order valence-corrected chi connectivity index (χ4v) is 3.05. The number of H-pyrrole nitrogens is 2. The summed E-state index contributed by atoms with van der Waals surface area (Å²) >= 11 is 0. The molecule has 3 aromatic rings. The highest BCUT2D eigenvalue weighted by molar-refractivity contribution is 5.73. The van der Waals surface area contributed by atoms with Gasteiger partial charge in [0.2, 0.25) is 0 Å². The van der Waals surface area contributed by atoms with Gasteiger partial charge in [0.15, 0.2) is 5.65 Å². The third kappa shape index (κ3) is 2.25. The Kier molecular flexibility index (Phi) is 3.07. The lowest BCUT2D eigenvalue weighted by atomic mass is 9.97. The molecule has 0 atom stereocenters. The van der Waals surface area contributed by atoms with Crippen LogP contribution in [-0.4, -0.2) is 14.6 Å². The number of anilines is 2. The summed E-state index contributed by atoms with van der Waals surface area (Å²) in [6.45, 7) is 0. The molecule has 0 amide bonds. The number of nitrogens with one attached hydrogen (secondary N) is 3. The number of nitrogens with zero attached hydrogens (tertiary/aromatic N) is 1. The van der Waals surface area contributed by atoms with E-state index in [9.17, 15) is 14.0 Å². The SMILES string of the molecule is O=c1[nH]n2c(=O)c3c([nH]c2c1Nc1ccc(F)cc1)CCCC3. The Hall–Kier alpha value is -2.83. The number of aromatic nitrogens is 3. The summed E-state index contributed by atoms with van der Waals surface area (Å²) in [5.74, 6) is -0.353. The van der Waals surface area contributed by atoms with Crippen LogP contribution < -0.4 is 16.4 Å². The minimum Gasteiger partial charge on any atom is -0.348 e. The van der Waals surface area contributed by atoms with E-state index in [1.165, 1.54) is 28.8 Å². The lowest BCUT2D eigenvalue weighted by Crippen LogP contribution is -2.25. The molecule has 0 aliphatic heterocycles. The van der Waals surface area contributed by atoms with Crippen LogP contribution in [0.4, 0.5) is 15.8 Å². The number of fused-ring (bicyclic) bond motifs is 2. The molecule has 0 bridgehead atoms. The maximum Gasteiger partial charge on any atom is 0.290 e. The standard InChI is InChI=1S/C16H15FN4O2/c17-9-5-7-10(8-6-9)18-13-14-19-12-4-2-1-3-11(12)16(23)21(14)20-15(13)22/h5-8,18-19H,1-4H2,(H,20,22). The summed E-state index contributed by atoms with van der Waals surface area (Å²) in [6.07, 6.45) is 3.53. The van der Waals surface area contributed by atoms with Crippen LogP contribution >= 0.6 is 0 Å². The van der Waals surface area contributed by atoms with Crippen LogP contribution in [-0.2, 0) is 12.8 Å². The second kappa shape index (κ2) is 5.12. The molecule has 3 N–H and O–H groups in total. The zero-order chi connectivity index (χ0) is 16.0. The van der Waals surface area contributed by atoms with Crippen LogP contribution in [0.2, 0.25) is 0 Å². The first kappa shape index (κ1) is 13.8. The average molecular weight is 314 g/mol. The molecule has 1 aliphatic rings. The predicted octanol–water partition coefficient (Wildman–Crippen LogP) is 2.08. The maximum absolute atomic E-state index is 13.0. The summed E-state index contributed by atoms with van der Waals surface area (Å²) in [4.78, 5) is 27.9. The van der Waals surface area contributed by atoms with Crippen molar-refractivity contribution in [2.45, 2.75) is 25.7 Å². The second-order valence-corrected chi connectivity index (χ2v) is 5.73. The van der Waals surface area contributed by atoms with Crippen molar-refractivity contribution in [3.8, 4) is 0 Å². The van der Waals surface area contributed by atoms with Crippen LogP contribution in [0.1, 0.15) is 24.1 Å². The number of aromatic amines is 2. The monoisotopic (exact) mass is 314 g/mol. The molecule has 4 rings (SSSR count). The van der Waals surface area contributed by atoms with Crippen molar-refractivity contribution in [3.63, 3.8) is 0 Å². The van der Waals surface area contributed by atoms with Gasteiger partial charge in [0, 0.05) is 16.9 Å². The van der Waals surface area contributed by atoms with Crippen LogP contribution in [0, 0.1) is 5.82 Å². The highest BCUT2D eigenvalue weighted by atomic mass is 19.1. The van der Waals surface area contributed by atoms with Gasteiger partial charge in [0.1, 0.15) is 11.5 Å². The van der Waals surface area contributed by atoms with E-state index in [1.807, 2.05) is 0 Å². The molecule has 7 heteroatoms. The summed E-state index contributed by atoms with van der Waals surface area (Å²) in [5.41, 5.74) is 2.28. The quantitative estimate of drug-likeness (QED) is 0.677. The number of benzene rings is 1. The van der Waals surface area contributed by atoms with E-state index in [-0.39, 0.29) is 17.1 Å². The third-order valence-electron chi connectivity index (χ3n) is 4.21. The second-order valence-electron chi connectivity index (χ2n) is 5.73. The van der Waals surface area contributed by atoms with Crippen molar-refractivity contribution in [2.75, 3.05) is 5.32 Å². The summed E-state index contributed by atoms with van der Waals surface area (Å²) in [7, 11) is 0. The van der Waals surface area contributed by atoms with Gasteiger partial charge in [-0.15, -0.1) is 0 Å². The van der Waals surface area contributed by atoms with E-state index in [1.54, 1.807) is 0 Å². The maximum atomic E-state index is 13.0. The molecule has 0 fully saturated rings. The minimum atomic E-state index is -0.398. The molecule has 0 spiro atoms. The van der Waals surface area contributed by atoms with Gasteiger partial charge in [-0.1, -0.05) is 0 Å². The van der Waals surface area contributed by atoms with Crippen LogP contribution in [0.25, 0.3) is 5.65 Å². The molecule has 2 aromatic heterocycles. The Balaban J connectivity index is 1.88. The molecule has 118 valence electrons. The highest BCUT2D eigenvalue weighted by Crippen LogP contribution is 2.21. The van der Waals surface area contributed by atoms with Crippen molar-refractivity contribution in [1.29, 1.82) is 0 Å². The molecule has 2 heterocycles. The van der Waals surface area contributed by atoms with E-state index < -0.39 is 5.56 Å². The largest absolute Gasteiger partial charge is 0.348 e. The van der Waals surface area contributed by atoms with Gasteiger partial charge in [-0.25, -0.2) is 4.39 Å². The smallest absolute Gasteiger partial charge is 0.290 e. The zero-order valence-corrected chi connectivity index (χ0v) is 12.3. The Bertz CT molecular complexity index is 998. The Morgan fingerprint density at radius 1 is 1.09 bits per heavy atom. The number of rotatable bonds is 2. The topological polar surface area (TPSA) is 82.2 Å². The van der Waals surface area contributed by atoms with E-state index in [4.69, 9.17) is 0 Å². The zero-order valence-electron chi connectivity index (χ0n) is 12.3. The lowest BCUT2D eigenvalue weighted by molar-refractivity contribution is 0.628. The summed E-state index contributed by atoms with van der Waals surface area (Å²) in [5, 5.41) is 5.51. The van der Waals surface area contributed by atoms with Crippen LogP contribution in [0.5, 0.6) is 0 Å². The van der Waals surface area contributed by atoms with E-state index in [0.29, 0.717) is 11.3 Å². The summed E-state index contributed by atoms with van der Waals surface area (Å²) in [6, 6.07) is 5.68. The highest BCUT2D eigenvalue weighted by Gasteiger charge is 2.19. The van der Waals surface area contributed by atoms with Crippen molar-refractivity contribution < 1.29 is 4.39 Å². The molecular weight excluding hydrogens is 299 g/mol. The van der Waals surface area contributed by atoms with Crippen molar-refractivity contribution in [1.82, 2.24) is 14.6 Å². The molecule has 1 aliphatic carbocycles. The first-order chi connectivity index (χ1) is 11.1. The van der Waals surface area contributed by atoms with Gasteiger partial charge < -0.3 is 10.3 Å². The molecule has 23 heavy (non-hydrogen) atoms. The van der Waals surface area contributed by atoms with Crippen LogP contribution in [0.3, 0.4) is 0 Å². The fraction of sp³-hybridized carbons (Fsp3) is 0.250. The molecule has 0 radical (unpaired) electrons. The Morgan fingerprint density at radius 3 is 2.61 bits per heavy atom. The minimum absolute atomic E-state index is 0.183. The molecule has 0 saturated heterocycles. The van der Waals surface area contributed by atoms with Gasteiger partial charge in [-0.05, 0) is 49.9 Å². The molecule has 0 saturated carbocycles. The molecule has 6 nitrogen and oxygen atoms in total. The normalized spacial score (nSPS) is 14.0. The van der Waals surface area contributed by atoms with E-state index in [0.717, 1.165) is 36.9 Å². The van der Waals surface area contributed by atoms with Gasteiger partial charge in [0.25, 0.3) is 11.1 Å². The average Bonchev–Trinajstić information content (AvgIpc) is 2.87. The first-order valence-electron chi connectivity index (χ1n) is 7.55. The Labute approximate surface area is 130 Å². The first-order valence-corrected chi connectivity index (χ1v) is 7.55. The van der Waals surface area contributed by atoms with Gasteiger partial charge in [0.05, 0.1) is 0 Å². The third-order valence-corrected chi connectivity index (χ3v) is 4.21. The fourth-order valence-electron chi connectivity index (χ4n) is 3.05. The predicted molar refractivity (Wildman–Crippen MR) is 85.0 cm³/mol. The number of hydrogen-bond donors (Lipinski definition) is 3. The van der Waals surface area contributed by atoms with Gasteiger partial charge in [-0.2, -0.15) is 4.52 Å². The van der Waals surface area contributed by atoms with Crippen molar-refractivity contribution in [2.24, 2.45) is 0 Å². The molecular formula is C16H15FN4O2. The summed E-state index contributed by atoms with van der Waals surface area (Å²) < 4.78 is 14.2. The van der Waals surface area contributed by atoms with Crippen LogP contribution in [0.15, 0.2) is 33.9 Å². The van der Waals surface area contributed by atoms with E-state index >= 15 is 0 Å². The van der Waals surface area contributed by atoms with Gasteiger partial charge in [-0.3, -0.25) is 14.7 Å². The van der Waals surface area contributed by atoms with Crippen molar-refractivity contribution in [3.05, 3.63) is 62.0 Å². The number of hydrogen-bond acceptors (Lipinski definition) is 3. The molecule has 1 aromatic carbocycles. The molecule has 0 unspecified atom stereocenters.